The van der Waals surface area contributed by atoms with Crippen molar-refractivity contribution in [3.63, 3.8) is 0 Å². The fourth-order valence-electron chi connectivity index (χ4n) is 2.19. The molecule has 0 heterocycles. The molecule has 0 bridgehead atoms. The van der Waals surface area contributed by atoms with Gasteiger partial charge in [-0.2, -0.15) is 0 Å². The van der Waals surface area contributed by atoms with Crippen LogP contribution in [0.15, 0.2) is 24.3 Å². The minimum Gasteiger partial charge on any atom is -0.497 e. The number of methoxy groups -OCH3 is 1. The van der Waals surface area contributed by atoms with Crippen molar-refractivity contribution < 1.29 is 19.1 Å². The van der Waals surface area contributed by atoms with Crippen molar-refractivity contribution in [2.45, 2.75) is 52.7 Å². The zero-order chi connectivity index (χ0) is 17.4. The van der Waals surface area contributed by atoms with Gasteiger partial charge in [0.15, 0.2) is 0 Å². The van der Waals surface area contributed by atoms with Crippen LogP contribution >= 0.6 is 0 Å². The second kappa shape index (κ2) is 9.18. The Bertz CT molecular complexity index is 484. The highest BCUT2D eigenvalue weighted by Gasteiger charge is 2.20. The molecule has 0 fully saturated rings. The van der Waals surface area contributed by atoms with Crippen LogP contribution in [0.4, 0.5) is 0 Å². The maximum absolute atomic E-state index is 12.1. The molecule has 1 atom stereocenters. The van der Waals surface area contributed by atoms with E-state index in [1.54, 1.807) is 21.0 Å². The summed E-state index contributed by atoms with van der Waals surface area (Å²) in [6, 6.07) is 6.91. The van der Waals surface area contributed by atoms with Crippen LogP contribution < -0.4 is 10.1 Å². The van der Waals surface area contributed by atoms with Gasteiger partial charge in [-0.15, -0.1) is 0 Å². The van der Waals surface area contributed by atoms with Gasteiger partial charge in [-0.25, -0.2) is 0 Å². The molecule has 0 radical (unpaired) electrons. The Hall–Kier alpha value is -2.04. The summed E-state index contributed by atoms with van der Waals surface area (Å²) in [5.74, 6) is 0.587. The highest BCUT2D eigenvalue weighted by molar-refractivity contribution is 5.78. The fourth-order valence-corrected chi connectivity index (χ4v) is 2.19. The molecule has 0 aromatic heterocycles. The Kier molecular flexibility index (Phi) is 7.59. The third-order valence-electron chi connectivity index (χ3n) is 3.18. The lowest BCUT2D eigenvalue weighted by Gasteiger charge is -2.20. The third-order valence-corrected chi connectivity index (χ3v) is 3.18. The average Bonchev–Trinajstić information content (AvgIpc) is 2.45. The minimum atomic E-state index is -0.404. The van der Waals surface area contributed by atoms with Gasteiger partial charge in [-0.3, -0.25) is 9.59 Å². The first-order chi connectivity index (χ1) is 10.8. The molecule has 0 unspecified atom stereocenters. The topological polar surface area (TPSA) is 64.6 Å². The van der Waals surface area contributed by atoms with E-state index in [-0.39, 0.29) is 30.3 Å². The lowest BCUT2D eigenvalue weighted by atomic mass is 10.0. The molecule has 0 saturated carbocycles. The molecular weight excluding hydrogens is 294 g/mol. The van der Waals surface area contributed by atoms with Gasteiger partial charge in [-0.05, 0) is 37.5 Å². The molecule has 128 valence electrons. The van der Waals surface area contributed by atoms with Crippen LogP contribution in [0.3, 0.4) is 0 Å². The number of carbonyl (C=O) groups excluding carboxylic acids is 2. The van der Waals surface area contributed by atoms with E-state index < -0.39 is 6.04 Å². The highest BCUT2D eigenvalue weighted by Crippen LogP contribution is 2.21. The molecule has 5 nitrogen and oxygen atoms in total. The number of nitrogens with one attached hydrogen (secondary N) is 1. The molecule has 1 N–H and O–H groups in total. The Morgan fingerprint density at radius 3 is 2.13 bits per heavy atom. The second-order valence-corrected chi connectivity index (χ2v) is 6.23. The number of rotatable bonds is 8. The van der Waals surface area contributed by atoms with Crippen molar-refractivity contribution >= 4 is 11.9 Å². The van der Waals surface area contributed by atoms with E-state index in [0.717, 1.165) is 11.3 Å². The fraction of sp³-hybridized carbons (Fsp3) is 0.556. The first kappa shape index (κ1) is 19.0. The summed E-state index contributed by atoms with van der Waals surface area (Å²) in [5.41, 5.74) is 0.851. The molecule has 0 aliphatic rings. The number of benzene rings is 1. The van der Waals surface area contributed by atoms with Crippen LogP contribution in [0.2, 0.25) is 0 Å². The van der Waals surface area contributed by atoms with E-state index in [4.69, 9.17) is 9.47 Å². The number of ether oxygens (including phenoxy) is 2. The van der Waals surface area contributed by atoms with Gasteiger partial charge < -0.3 is 14.8 Å². The number of hydrogen-bond donors (Lipinski definition) is 1. The summed E-state index contributed by atoms with van der Waals surface area (Å²) in [7, 11) is 1.59. The predicted octanol–water partition coefficient (Wildman–Crippen LogP) is 3.24. The third kappa shape index (κ3) is 7.17. The maximum Gasteiger partial charge on any atom is 0.308 e. The Balaban J connectivity index is 2.85. The average molecular weight is 321 g/mol. The maximum atomic E-state index is 12.1. The number of esters is 1. The van der Waals surface area contributed by atoms with E-state index >= 15 is 0 Å². The Labute approximate surface area is 138 Å². The van der Waals surface area contributed by atoms with E-state index in [2.05, 4.69) is 5.32 Å². The zero-order valence-electron chi connectivity index (χ0n) is 14.6. The molecule has 0 saturated heterocycles. The second-order valence-electron chi connectivity index (χ2n) is 6.23. The van der Waals surface area contributed by atoms with Crippen LogP contribution in [0.1, 0.15) is 52.1 Å². The largest absolute Gasteiger partial charge is 0.497 e. The van der Waals surface area contributed by atoms with Crippen LogP contribution in [-0.4, -0.2) is 25.1 Å². The summed E-state index contributed by atoms with van der Waals surface area (Å²) in [6.07, 6.45) is 0.352. The summed E-state index contributed by atoms with van der Waals surface area (Å²) >= 11 is 0. The van der Waals surface area contributed by atoms with Gasteiger partial charge in [0.2, 0.25) is 5.91 Å². The molecule has 1 aromatic carbocycles. The first-order valence-corrected chi connectivity index (χ1v) is 7.94. The van der Waals surface area contributed by atoms with Crippen LogP contribution in [0.5, 0.6) is 5.75 Å². The van der Waals surface area contributed by atoms with Gasteiger partial charge in [0.05, 0.1) is 25.7 Å². The summed E-state index contributed by atoms with van der Waals surface area (Å²) in [5, 5.41) is 2.93. The van der Waals surface area contributed by atoms with E-state index in [1.807, 2.05) is 38.1 Å². The molecular formula is C18H27NO4. The van der Waals surface area contributed by atoms with Crippen LogP contribution in [-0.2, 0) is 14.3 Å². The Morgan fingerprint density at radius 1 is 1.04 bits per heavy atom. The summed E-state index contributed by atoms with van der Waals surface area (Å²) in [6.45, 7) is 7.57. The molecule has 0 aliphatic carbocycles. The molecule has 1 amide bonds. The van der Waals surface area contributed by atoms with Crippen molar-refractivity contribution in [2.75, 3.05) is 7.11 Å². The smallest absolute Gasteiger partial charge is 0.308 e. The lowest BCUT2D eigenvalue weighted by Crippen LogP contribution is -2.31. The number of hydrogen-bond acceptors (Lipinski definition) is 4. The van der Waals surface area contributed by atoms with Crippen molar-refractivity contribution in [1.29, 1.82) is 0 Å². The zero-order valence-corrected chi connectivity index (χ0v) is 14.6. The normalized spacial score (nSPS) is 12.1. The molecule has 1 aromatic rings. The van der Waals surface area contributed by atoms with E-state index in [1.165, 1.54) is 0 Å². The van der Waals surface area contributed by atoms with Gasteiger partial charge in [-0.1, -0.05) is 26.0 Å². The summed E-state index contributed by atoms with van der Waals surface area (Å²) < 4.78 is 10.3. The predicted molar refractivity (Wildman–Crippen MR) is 89.2 cm³/mol. The molecule has 23 heavy (non-hydrogen) atoms. The molecule has 1 rings (SSSR count). The van der Waals surface area contributed by atoms with Gasteiger partial charge in [0, 0.05) is 6.42 Å². The summed E-state index contributed by atoms with van der Waals surface area (Å²) in [4.78, 5) is 24.0. The number of carbonyl (C=O) groups is 2. The van der Waals surface area contributed by atoms with Crippen LogP contribution in [0.25, 0.3) is 0 Å². The van der Waals surface area contributed by atoms with Crippen molar-refractivity contribution in [3.8, 4) is 5.75 Å². The van der Waals surface area contributed by atoms with Gasteiger partial charge >= 0.3 is 5.97 Å². The minimum absolute atomic E-state index is 0.0711. The highest BCUT2D eigenvalue weighted by atomic mass is 16.5. The molecule has 5 heteroatoms. The Morgan fingerprint density at radius 2 is 1.65 bits per heavy atom. The SMILES string of the molecule is COc1ccc([C@H](CC(=O)OC(C)C)NC(=O)CC(C)C)cc1. The van der Waals surface area contributed by atoms with E-state index in [9.17, 15) is 9.59 Å². The molecule has 0 aliphatic heterocycles. The monoisotopic (exact) mass is 321 g/mol. The van der Waals surface area contributed by atoms with Crippen molar-refractivity contribution in [3.05, 3.63) is 29.8 Å². The van der Waals surface area contributed by atoms with Crippen molar-refractivity contribution in [2.24, 2.45) is 5.92 Å². The molecule has 0 spiro atoms. The number of amides is 1. The van der Waals surface area contributed by atoms with Crippen molar-refractivity contribution in [1.82, 2.24) is 5.32 Å². The van der Waals surface area contributed by atoms with Crippen LogP contribution in [0, 0.1) is 5.92 Å². The lowest BCUT2D eigenvalue weighted by molar-refractivity contribution is -0.148. The quantitative estimate of drug-likeness (QED) is 0.747. The first-order valence-electron chi connectivity index (χ1n) is 7.94. The van der Waals surface area contributed by atoms with Gasteiger partial charge in [0.1, 0.15) is 5.75 Å². The standard InChI is InChI=1S/C18H27NO4/c1-12(2)10-17(20)19-16(11-18(21)23-13(3)4)14-6-8-15(22-5)9-7-14/h6-9,12-13,16H,10-11H2,1-5H3,(H,19,20)/t16-/m0/s1. The van der Waals surface area contributed by atoms with E-state index in [0.29, 0.717) is 6.42 Å². The van der Waals surface area contributed by atoms with Gasteiger partial charge in [0.25, 0.3) is 0 Å².